The number of rotatable bonds is 2. The summed E-state index contributed by atoms with van der Waals surface area (Å²) in [5.41, 5.74) is 5.21. The molecule has 1 rings (SSSR count). The molecule has 1 atom stereocenters. The first-order valence-corrected chi connectivity index (χ1v) is 3.83. The lowest BCUT2D eigenvalue weighted by molar-refractivity contribution is -0.129. The van der Waals surface area contributed by atoms with Crippen LogP contribution in [-0.4, -0.2) is 23.7 Å². The Bertz CT molecular complexity index is 247. The molecule has 0 bridgehead atoms. The summed E-state index contributed by atoms with van der Waals surface area (Å²) in [4.78, 5) is 25.5. The van der Waals surface area contributed by atoms with Crippen molar-refractivity contribution >= 4 is 17.6 Å². The Hall–Kier alpha value is -1.23. The van der Waals surface area contributed by atoms with Gasteiger partial charge in [0.25, 0.3) is 11.8 Å². The van der Waals surface area contributed by atoms with Crippen molar-refractivity contribution in [2.24, 2.45) is 10.7 Å². The van der Waals surface area contributed by atoms with Gasteiger partial charge in [-0.1, -0.05) is 6.92 Å². The van der Waals surface area contributed by atoms with Gasteiger partial charge in [0.05, 0.1) is 0 Å². The fraction of sp³-hybridized carbons (Fsp3) is 0.571. The molecular formula is C7H11N3O2. The maximum Gasteiger partial charge on any atom is 0.273 e. The second-order valence-electron chi connectivity index (χ2n) is 2.61. The monoisotopic (exact) mass is 169 g/mol. The third-order valence-electron chi connectivity index (χ3n) is 1.55. The van der Waals surface area contributed by atoms with Crippen molar-refractivity contribution in [2.45, 2.75) is 25.8 Å². The Balaban J connectivity index is 2.74. The van der Waals surface area contributed by atoms with Gasteiger partial charge in [-0.15, -0.1) is 0 Å². The predicted molar refractivity (Wildman–Crippen MR) is 43.5 cm³/mol. The van der Waals surface area contributed by atoms with Gasteiger partial charge in [0.1, 0.15) is 5.84 Å². The van der Waals surface area contributed by atoms with Crippen LogP contribution in [-0.2, 0) is 9.59 Å². The van der Waals surface area contributed by atoms with Gasteiger partial charge in [-0.05, 0) is 6.42 Å². The zero-order valence-electron chi connectivity index (χ0n) is 6.83. The van der Waals surface area contributed by atoms with E-state index in [4.69, 9.17) is 5.73 Å². The Kier molecular flexibility index (Phi) is 2.54. The molecule has 0 aromatic heterocycles. The molecule has 0 spiro atoms. The van der Waals surface area contributed by atoms with Crippen LogP contribution in [0, 0.1) is 0 Å². The van der Waals surface area contributed by atoms with E-state index in [1.807, 2.05) is 6.92 Å². The minimum absolute atomic E-state index is 0.425. The molecular weight excluding hydrogens is 158 g/mol. The minimum atomic E-state index is -1.12. The smallest absolute Gasteiger partial charge is 0.273 e. The van der Waals surface area contributed by atoms with Gasteiger partial charge < -0.3 is 11.1 Å². The van der Waals surface area contributed by atoms with Gasteiger partial charge >= 0.3 is 0 Å². The topological polar surface area (TPSA) is 84.6 Å². The number of nitrogens with two attached hydrogens (primary N) is 1. The van der Waals surface area contributed by atoms with Crippen molar-refractivity contribution < 1.29 is 9.59 Å². The summed E-state index contributed by atoms with van der Waals surface area (Å²) in [5.74, 6) is -0.588. The van der Waals surface area contributed by atoms with Gasteiger partial charge in [0.15, 0.2) is 6.04 Å². The molecule has 0 fully saturated rings. The molecule has 5 nitrogen and oxygen atoms in total. The molecule has 1 heterocycles. The number of amidine groups is 1. The van der Waals surface area contributed by atoms with Crippen LogP contribution < -0.4 is 11.1 Å². The van der Waals surface area contributed by atoms with Crippen LogP contribution in [0.4, 0.5) is 0 Å². The number of carbonyl (C=O) groups is 2. The Morgan fingerprint density at radius 3 is 2.75 bits per heavy atom. The molecule has 0 aromatic carbocycles. The van der Waals surface area contributed by atoms with E-state index in [1.54, 1.807) is 0 Å². The molecule has 5 heteroatoms. The predicted octanol–water partition coefficient (Wildman–Crippen LogP) is -0.831. The van der Waals surface area contributed by atoms with Crippen molar-refractivity contribution in [1.82, 2.24) is 5.32 Å². The van der Waals surface area contributed by atoms with E-state index in [9.17, 15) is 9.59 Å². The molecule has 12 heavy (non-hydrogen) atoms. The summed E-state index contributed by atoms with van der Waals surface area (Å²) in [6, 6.07) is -1.12. The number of hydrogen-bond donors (Lipinski definition) is 2. The van der Waals surface area contributed by atoms with Crippen LogP contribution in [0.1, 0.15) is 19.8 Å². The summed E-state index contributed by atoms with van der Waals surface area (Å²) in [6.45, 7) is 1.94. The highest BCUT2D eigenvalue weighted by Crippen LogP contribution is 1.98. The quantitative estimate of drug-likeness (QED) is 0.529. The molecule has 66 valence electrons. The van der Waals surface area contributed by atoms with Crippen LogP contribution >= 0.6 is 0 Å². The summed E-state index contributed by atoms with van der Waals surface area (Å²) >= 11 is 0. The molecule has 0 saturated carbocycles. The fourth-order valence-electron chi connectivity index (χ4n) is 0.918. The van der Waals surface area contributed by atoms with Gasteiger partial charge in [0, 0.05) is 6.42 Å². The van der Waals surface area contributed by atoms with E-state index in [1.165, 1.54) is 0 Å². The normalized spacial score (nSPS) is 23.5. The SMILES string of the molecule is CCCC1=NC(=O)C(N)C(=O)N1. The average Bonchev–Trinajstić information content (AvgIpc) is 2.01. The number of carbonyl (C=O) groups excluding carboxylic acids is 2. The lowest BCUT2D eigenvalue weighted by Crippen LogP contribution is -2.51. The molecule has 3 N–H and O–H groups in total. The van der Waals surface area contributed by atoms with E-state index in [-0.39, 0.29) is 0 Å². The van der Waals surface area contributed by atoms with E-state index in [0.717, 1.165) is 6.42 Å². The van der Waals surface area contributed by atoms with Crippen molar-refractivity contribution in [1.29, 1.82) is 0 Å². The molecule has 1 unspecified atom stereocenters. The molecule has 0 saturated heterocycles. The van der Waals surface area contributed by atoms with Gasteiger partial charge in [-0.3, -0.25) is 9.59 Å². The number of hydrogen-bond acceptors (Lipinski definition) is 3. The number of nitrogens with one attached hydrogen (secondary N) is 1. The number of aliphatic imine (C=N–C) groups is 1. The van der Waals surface area contributed by atoms with Gasteiger partial charge in [-0.25, -0.2) is 0 Å². The van der Waals surface area contributed by atoms with Crippen molar-refractivity contribution in [2.75, 3.05) is 0 Å². The van der Waals surface area contributed by atoms with Crippen molar-refractivity contribution in [3.05, 3.63) is 0 Å². The molecule has 0 radical (unpaired) electrons. The highest BCUT2D eigenvalue weighted by atomic mass is 16.2. The van der Waals surface area contributed by atoms with E-state index in [2.05, 4.69) is 10.3 Å². The van der Waals surface area contributed by atoms with Gasteiger partial charge in [-0.2, -0.15) is 4.99 Å². The molecule has 1 aliphatic rings. The van der Waals surface area contributed by atoms with Crippen LogP contribution in [0.2, 0.25) is 0 Å². The van der Waals surface area contributed by atoms with Crippen LogP contribution in [0.3, 0.4) is 0 Å². The van der Waals surface area contributed by atoms with Crippen LogP contribution in [0.15, 0.2) is 4.99 Å². The van der Waals surface area contributed by atoms with Gasteiger partial charge in [0.2, 0.25) is 0 Å². The highest BCUT2D eigenvalue weighted by molar-refractivity contribution is 6.18. The zero-order chi connectivity index (χ0) is 9.14. The first kappa shape index (κ1) is 8.86. The fourth-order valence-corrected chi connectivity index (χ4v) is 0.918. The van der Waals surface area contributed by atoms with E-state index >= 15 is 0 Å². The summed E-state index contributed by atoms with van der Waals surface area (Å²) in [7, 11) is 0. The summed E-state index contributed by atoms with van der Waals surface area (Å²) in [6.07, 6.45) is 1.44. The van der Waals surface area contributed by atoms with Crippen molar-refractivity contribution in [3.63, 3.8) is 0 Å². The lowest BCUT2D eigenvalue weighted by Gasteiger charge is -2.16. The first-order chi connectivity index (χ1) is 5.65. The highest BCUT2D eigenvalue weighted by Gasteiger charge is 2.27. The molecule has 1 aliphatic heterocycles. The molecule has 2 amide bonds. The van der Waals surface area contributed by atoms with Crippen LogP contribution in [0.25, 0.3) is 0 Å². The number of nitrogens with zero attached hydrogens (tertiary/aromatic N) is 1. The maximum atomic E-state index is 11.0. The maximum absolute atomic E-state index is 11.0. The number of amides is 2. The van der Waals surface area contributed by atoms with Crippen LogP contribution in [0.5, 0.6) is 0 Å². The third kappa shape index (κ3) is 1.68. The third-order valence-corrected chi connectivity index (χ3v) is 1.55. The zero-order valence-corrected chi connectivity index (χ0v) is 6.83. The lowest BCUT2D eigenvalue weighted by atomic mass is 10.2. The average molecular weight is 169 g/mol. The Morgan fingerprint density at radius 2 is 2.25 bits per heavy atom. The van der Waals surface area contributed by atoms with Crippen molar-refractivity contribution in [3.8, 4) is 0 Å². The first-order valence-electron chi connectivity index (χ1n) is 3.83. The largest absolute Gasteiger partial charge is 0.312 e. The molecule has 0 aromatic rings. The molecule has 0 aliphatic carbocycles. The standard InChI is InChI=1S/C7H11N3O2/c1-2-3-4-9-6(11)5(8)7(12)10-4/h5H,2-3,8H2,1H3,(H,9,10,11,12). The Labute approximate surface area is 70.0 Å². The summed E-state index contributed by atoms with van der Waals surface area (Å²) in [5, 5.41) is 2.46. The minimum Gasteiger partial charge on any atom is -0.312 e. The Morgan fingerprint density at radius 1 is 1.58 bits per heavy atom. The summed E-state index contributed by atoms with van der Waals surface area (Å²) < 4.78 is 0. The van der Waals surface area contributed by atoms with E-state index in [0.29, 0.717) is 12.3 Å². The second kappa shape index (κ2) is 3.44. The second-order valence-corrected chi connectivity index (χ2v) is 2.61. The van der Waals surface area contributed by atoms with E-state index < -0.39 is 17.9 Å².